The molecule has 4 aromatic rings. The fourth-order valence-corrected chi connectivity index (χ4v) is 3.93. The Kier molecular flexibility index (Phi) is 4.17. The molecule has 0 aliphatic carbocycles. The van der Waals surface area contributed by atoms with E-state index in [1.165, 1.54) is 6.07 Å². The van der Waals surface area contributed by atoms with Crippen molar-refractivity contribution in [2.75, 3.05) is 12.3 Å². The molecule has 6 nitrogen and oxygen atoms in total. The van der Waals surface area contributed by atoms with Crippen LogP contribution in [-0.4, -0.2) is 26.4 Å². The van der Waals surface area contributed by atoms with Crippen LogP contribution in [0.5, 0.6) is 0 Å². The van der Waals surface area contributed by atoms with Crippen molar-refractivity contribution in [2.45, 2.75) is 19.5 Å². The molecule has 0 bridgehead atoms. The largest absolute Gasteiger partial charge is 0.399 e. The number of hydrogen-bond donors (Lipinski definition) is 3. The Balaban J connectivity index is 1.44. The number of fused-ring (bicyclic) bond motifs is 2. The lowest BCUT2D eigenvalue weighted by Gasteiger charge is -2.27. The Hall–Kier alpha value is -3.45. The summed E-state index contributed by atoms with van der Waals surface area (Å²) in [6.07, 6.45) is 2.56. The summed E-state index contributed by atoms with van der Waals surface area (Å²) in [6, 6.07) is 12.0. The van der Waals surface area contributed by atoms with E-state index in [0.717, 1.165) is 39.8 Å². The summed E-state index contributed by atoms with van der Waals surface area (Å²) in [7, 11) is 0. The molecule has 5 rings (SSSR count). The van der Waals surface area contributed by atoms with Gasteiger partial charge in [-0.05, 0) is 54.4 Å². The van der Waals surface area contributed by atoms with Crippen LogP contribution in [-0.2, 0) is 19.5 Å². The quantitative estimate of drug-likeness (QED) is 0.469. The van der Waals surface area contributed by atoms with E-state index >= 15 is 0 Å². The number of H-pyrrole nitrogens is 2. The number of nitrogens with one attached hydrogen (secondary N) is 2. The van der Waals surface area contributed by atoms with Crippen molar-refractivity contribution >= 4 is 16.6 Å². The van der Waals surface area contributed by atoms with E-state index < -0.39 is 0 Å². The van der Waals surface area contributed by atoms with Crippen molar-refractivity contribution in [3.8, 4) is 11.4 Å². The van der Waals surface area contributed by atoms with E-state index in [-0.39, 0.29) is 11.4 Å². The van der Waals surface area contributed by atoms with Crippen molar-refractivity contribution in [2.24, 2.45) is 0 Å². The van der Waals surface area contributed by atoms with Gasteiger partial charge in [0.2, 0.25) is 0 Å². The van der Waals surface area contributed by atoms with Gasteiger partial charge in [0, 0.05) is 53.5 Å². The number of aromatic nitrogens is 3. The van der Waals surface area contributed by atoms with Gasteiger partial charge in [0.15, 0.2) is 0 Å². The second-order valence-electron chi connectivity index (χ2n) is 7.43. The first-order chi connectivity index (χ1) is 14.1. The number of nitrogen functional groups attached to an aromatic ring is 1. The molecule has 29 heavy (non-hydrogen) atoms. The molecule has 0 unspecified atom stereocenters. The Morgan fingerprint density at radius 1 is 1.17 bits per heavy atom. The highest BCUT2D eigenvalue weighted by Gasteiger charge is 2.22. The zero-order chi connectivity index (χ0) is 20.0. The van der Waals surface area contributed by atoms with Gasteiger partial charge in [-0.25, -0.2) is 9.37 Å². The Labute approximate surface area is 166 Å². The summed E-state index contributed by atoms with van der Waals surface area (Å²) in [5, 5.41) is 0.886. The fourth-order valence-electron chi connectivity index (χ4n) is 3.93. The van der Waals surface area contributed by atoms with E-state index in [4.69, 9.17) is 10.7 Å². The molecule has 7 heteroatoms. The molecule has 0 amide bonds. The summed E-state index contributed by atoms with van der Waals surface area (Å²) in [5.41, 5.74) is 10.6. The van der Waals surface area contributed by atoms with Crippen LogP contribution >= 0.6 is 0 Å². The number of nitrogens with two attached hydrogens (primary N) is 1. The maximum absolute atomic E-state index is 13.7. The van der Waals surface area contributed by atoms with E-state index in [1.807, 2.05) is 18.3 Å². The molecule has 2 aromatic carbocycles. The first kappa shape index (κ1) is 17.6. The predicted octanol–water partition coefficient (Wildman–Crippen LogP) is 3.20. The highest BCUT2D eigenvalue weighted by Crippen LogP contribution is 2.24. The van der Waals surface area contributed by atoms with Gasteiger partial charge in [-0.1, -0.05) is 0 Å². The number of hydrogen-bond acceptors (Lipinski definition) is 4. The predicted molar refractivity (Wildman–Crippen MR) is 111 cm³/mol. The molecule has 146 valence electrons. The smallest absolute Gasteiger partial charge is 0.254 e. The Bertz CT molecular complexity index is 1260. The highest BCUT2D eigenvalue weighted by atomic mass is 19.1. The molecule has 0 saturated carbocycles. The van der Waals surface area contributed by atoms with Crippen molar-refractivity contribution in [1.29, 1.82) is 0 Å². The normalized spacial score (nSPS) is 14.2. The van der Waals surface area contributed by atoms with Crippen LogP contribution < -0.4 is 11.3 Å². The lowest BCUT2D eigenvalue weighted by molar-refractivity contribution is 0.241. The summed E-state index contributed by atoms with van der Waals surface area (Å²) < 4.78 is 13.7. The highest BCUT2D eigenvalue weighted by molar-refractivity contribution is 5.83. The van der Waals surface area contributed by atoms with Crippen molar-refractivity contribution in [1.82, 2.24) is 19.9 Å². The number of aromatic amines is 2. The molecule has 2 aromatic heterocycles. The SMILES string of the molecule is Nc1ccc(-c2nc3c(c(=O)[nH]2)CCN(Cc2c[nH]c4ccc(F)cc24)C3)cc1. The van der Waals surface area contributed by atoms with Gasteiger partial charge >= 0.3 is 0 Å². The van der Waals surface area contributed by atoms with Crippen LogP contribution in [0, 0.1) is 5.82 Å². The van der Waals surface area contributed by atoms with Gasteiger partial charge in [-0.15, -0.1) is 0 Å². The van der Waals surface area contributed by atoms with Crippen LogP contribution in [0.25, 0.3) is 22.3 Å². The zero-order valence-corrected chi connectivity index (χ0v) is 15.7. The van der Waals surface area contributed by atoms with Crippen LogP contribution in [0.3, 0.4) is 0 Å². The summed E-state index contributed by atoms with van der Waals surface area (Å²) in [4.78, 5) is 25.6. The van der Waals surface area contributed by atoms with Gasteiger partial charge in [-0.2, -0.15) is 0 Å². The molecule has 0 atom stereocenters. The third kappa shape index (κ3) is 3.30. The van der Waals surface area contributed by atoms with E-state index in [9.17, 15) is 9.18 Å². The summed E-state index contributed by atoms with van der Waals surface area (Å²) in [5.74, 6) is 0.299. The Morgan fingerprint density at radius 2 is 2.00 bits per heavy atom. The lowest BCUT2D eigenvalue weighted by atomic mass is 10.0. The fraction of sp³-hybridized carbons (Fsp3) is 0.182. The maximum Gasteiger partial charge on any atom is 0.254 e. The minimum atomic E-state index is -0.247. The van der Waals surface area contributed by atoms with E-state index in [0.29, 0.717) is 31.0 Å². The number of nitrogens with zero attached hydrogens (tertiary/aromatic N) is 2. The van der Waals surface area contributed by atoms with E-state index in [1.54, 1.807) is 24.3 Å². The third-order valence-corrected chi connectivity index (χ3v) is 5.46. The number of benzene rings is 2. The summed E-state index contributed by atoms with van der Waals surface area (Å²) >= 11 is 0. The van der Waals surface area contributed by atoms with Gasteiger partial charge in [0.1, 0.15) is 11.6 Å². The topological polar surface area (TPSA) is 90.8 Å². The van der Waals surface area contributed by atoms with Gasteiger partial charge < -0.3 is 15.7 Å². The summed E-state index contributed by atoms with van der Waals surface area (Å²) in [6.45, 7) is 1.98. The number of rotatable bonds is 3. The molecule has 0 radical (unpaired) electrons. The van der Waals surface area contributed by atoms with Crippen molar-refractivity contribution in [3.63, 3.8) is 0 Å². The van der Waals surface area contributed by atoms with E-state index in [2.05, 4.69) is 14.9 Å². The van der Waals surface area contributed by atoms with Crippen molar-refractivity contribution < 1.29 is 4.39 Å². The molecule has 0 spiro atoms. The Morgan fingerprint density at radius 3 is 2.83 bits per heavy atom. The van der Waals surface area contributed by atoms with Crippen LogP contribution in [0.15, 0.2) is 53.5 Å². The van der Waals surface area contributed by atoms with Gasteiger partial charge in [0.25, 0.3) is 5.56 Å². The van der Waals surface area contributed by atoms with Crippen LogP contribution in [0.4, 0.5) is 10.1 Å². The molecule has 0 fully saturated rings. The minimum Gasteiger partial charge on any atom is -0.399 e. The zero-order valence-electron chi connectivity index (χ0n) is 15.7. The average molecular weight is 389 g/mol. The monoisotopic (exact) mass is 389 g/mol. The molecular formula is C22H20FN5O. The first-order valence-corrected chi connectivity index (χ1v) is 9.53. The minimum absolute atomic E-state index is 0.0874. The van der Waals surface area contributed by atoms with Gasteiger partial charge in [-0.3, -0.25) is 9.69 Å². The molecule has 4 N–H and O–H groups in total. The standard InChI is InChI=1S/C22H20FN5O/c23-15-3-6-19-18(9-15)14(10-25-19)11-28-8-7-17-20(12-28)26-21(27-22(17)29)13-1-4-16(24)5-2-13/h1-6,9-10,25H,7-8,11-12,24H2,(H,26,27,29). The molecule has 1 aliphatic rings. The maximum atomic E-state index is 13.7. The average Bonchev–Trinajstić information content (AvgIpc) is 3.10. The second-order valence-corrected chi connectivity index (χ2v) is 7.43. The van der Waals surface area contributed by atoms with Crippen LogP contribution in [0.1, 0.15) is 16.8 Å². The van der Waals surface area contributed by atoms with Crippen molar-refractivity contribution in [3.05, 3.63) is 81.7 Å². The number of halogens is 1. The molecule has 1 aliphatic heterocycles. The second kappa shape index (κ2) is 6.86. The van der Waals surface area contributed by atoms with Crippen LogP contribution in [0.2, 0.25) is 0 Å². The molecular weight excluding hydrogens is 369 g/mol. The first-order valence-electron chi connectivity index (χ1n) is 9.53. The third-order valence-electron chi connectivity index (χ3n) is 5.46. The lowest BCUT2D eigenvalue weighted by Crippen LogP contribution is -2.35. The molecule has 3 heterocycles. The van der Waals surface area contributed by atoms with Gasteiger partial charge in [0.05, 0.1) is 5.69 Å². The molecule has 0 saturated heterocycles. The number of anilines is 1.